The second kappa shape index (κ2) is 11.9. The third-order valence-corrected chi connectivity index (χ3v) is 6.03. The first-order valence-electron chi connectivity index (χ1n) is 11.3. The van der Waals surface area contributed by atoms with Crippen molar-refractivity contribution in [3.05, 3.63) is 35.6 Å². The number of carbonyl (C=O) groups excluding carboxylic acids is 1. The van der Waals surface area contributed by atoms with E-state index in [-0.39, 0.29) is 29.9 Å². The van der Waals surface area contributed by atoms with Crippen LogP contribution in [0.2, 0.25) is 0 Å². The van der Waals surface area contributed by atoms with Crippen LogP contribution in [0.1, 0.15) is 24.2 Å². The van der Waals surface area contributed by atoms with Crippen molar-refractivity contribution < 1.29 is 23.8 Å². The topological polar surface area (TPSA) is 65.5 Å². The minimum absolute atomic E-state index is 0.115. The molecule has 2 atom stereocenters. The van der Waals surface area contributed by atoms with Gasteiger partial charge < -0.3 is 19.5 Å². The van der Waals surface area contributed by atoms with Gasteiger partial charge in [0, 0.05) is 57.9 Å². The van der Waals surface area contributed by atoms with Crippen LogP contribution in [0, 0.1) is 11.7 Å². The highest BCUT2D eigenvalue weighted by atomic mass is 19.1. The molecule has 2 aliphatic rings. The van der Waals surface area contributed by atoms with E-state index < -0.39 is 0 Å². The van der Waals surface area contributed by atoms with Crippen molar-refractivity contribution in [3.63, 3.8) is 0 Å². The number of amides is 1. The number of hydrogen-bond acceptors (Lipinski definition) is 6. The molecule has 2 fully saturated rings. The zero-order chi connectivity index (χ0) is 22.2. The molecule has 0 spiro atoms. The van der Waals surface area contributed by atoms with E-state index >= 15 is 0 Å². The molecule has 0 bridgehead atoms. The van der Waals surface area contributed by atoms with Crippen molar-refractivity contribution in [3.8, 4) is 0 Å². The number of morpholine rings is 2. The van der Waals surface area contributed by atoms with Crippen molar-refractivity contribution in [1.29, 1.82) is 0 Å². The van der Waals surface area contributed by atoms with E-state index in [2.05, 4.69) is 9.80 Å². The Morgan fingerprint density at radius 2 is 1.84 bits per heavy atom. The standard InChI is InChI=1S/C23H36FN3O4/c1-18(2)22(28)17-26-11-14-31-21(15-26)16-27(8-7-25-9-12-30-13-10-25)23(29)19-3-5-20(24)6-4-19/h3-6,18,21-22,28H,7-17H2,1-2H3/t21-,22-/m0/s1. The number of hydrogen-bond donors (Lipinski definition) is 1. The third-order valence-electron chi connectivity index (χ3n) is 6.03. The Hall–Kier alpha value is -1.58. The molecule has 2 saturated heterocycles. The Kier molecular flexibility index (Phi) is 9.22. The second-order valence-electron chi connectivity index (χ2n) is 8.78. The van der Waals surface area contributed by atoms with E-state index in [0.29, 0.717) is 51.6 Å². The highest BCUT2D eigenvalue weighted by Gasteiger charge is 2.27. The van der Waals surface area contributed by atoms with E-state index in [9.17, 15) is 14.3 Å². The van der Waals surface area contributed by atoms with Crippen LogP contribution in [0.3, 0.4) is 0 Å². The van der Waals surface area contributed by atoms with Crippen molar-refractivity contribution in [2.75, 3.05) is 72.2 Å². The van der Waals surface area contributed by atoms with Crippen LogP contribution in [-0.2, 0) is 9.47 Å². The molecular formula is C23H36FN3O4. The lowest BCUT2D eigenvalue weighted by Crippen LogP contribution is -2.52. The predicted octanol–water partition coefficient (Wildman–Crippen LogP) is 1.32. The molecule has 0 aliphatic carbocycles. The number of aliphatic hydroxyl groups excluding tert-OH is 1. The van der Waals surface area contributed by atoms with Crippen LogP contribution >= 0.6 is 0 Å². The molecule has 1 amide bonds. The third kappa shape index (κ3) is 7.50. The number of halogens is 1. The van der Waals surface area contributed by atoms with Crippen LogP contribution in [0.25, 0.3) is 0 Å². The number of ether oxygens (including phenoxy) is 2. The number of benzene rings is 1. The summed E-state index contributed by atoms with van der Waals surface area (Å²) >= 11 is 0. The number of rotatable bonds is 9. The zero-order valence-corrected chi connectivity index (χ0v) is 18.7. The number of nitrogens with zero attached hydrogens (tertiary/aromatic N) is 3. The summed E-state index contributed by atoms with van der Waals surface area (Å²) in [6.07, 6.45) is -0.501. The van der Waals surface area contributed by atoms with Crippen LogP contribution < -0.4 is 0 Å². The minimum atomic E-state index is -0.378. The molecule has 2 heterocycles. The van der Waals surface area contributed by atoms with Crippen LogP contribution in [0.4, 0.5) is 4.39 Å². The number of aliphatic hydroxyl groups is 1. The largest absolute Gasteiger partial charge is 0.392 e. The lowest BCUT2D eigenvalue weighted by molar-refractivity contribution is -0.0550. The Balaban J connectivity index is 1.63. The molecule has 0 aromatic heterocycles. The minimum Gasteiger partial charge on any atom is -0.392 e. The summed E-state index contributed by atoms with van der Waals surface area (Å²) in [7, 11) is 0. The maximum atomic E-state index is 13.3. The molecule has 31 heavy (non-hydrogen) atoms. The molecule has 0 saturated carbocycles. The van der Waals surface area contributed by atoms with Crippen molar-refractivity contribution >= 4 is 5.91 Å². The second-order valence-corrected chi connectivity index (χ2v) is 8.78. The van der Waals surface area contributed by atoms with Gasteiger partial charge in [0.2, 0.25) is 0 Å². The first-order chi connectivity index (χ1) is 14.9. The van der Waals surface area contributed by atoms with Crippen molar-refractivity contribution in [2.24, 2.45) is 5.92 Å². The maximum Gasteiger partial charge on any atom is 0.253 e. The van der Waals surface area contributed by atoms with Gasteiger partial charge in [-0.25, -0.2) is 4.39 Å². The van der Waals surface area contributed by atoms with Gasteiger partial charge in [0.05, 0.1) is 32.0 Å². The maximum absolute atomic E-state index is 13.3. The summed E-state index contributed by atoms with van der Waals surface area (Å²) in [4.78, 5) is 19.5. The Morgan fingerprint density at radius 3 is 2.52 bits per heavy atom. The summed E-state index contributed by atoms with van der Waals surface area (Å²) in [5.41, 5.74) is 0.478. The monoisotopic (exact) mass is 437 g/mol. The fourth-order valence-electron chi connectivity index (χ4n) is 3.92. The van der Waals surface area contributed by atoms with Gasteiger partial charge in [-0.05, 0) is 30.2 Å². The van der Waals surface area contributed by atoms with Crippen molar-refractivity contribution in [1.82, 2.24) is 14.7 Å². The van der Waals surface area contributed by atoms with Gasteiger partial charge in [0.25, 0.3) is 5.91 Å². The van der Waals surface area contributed by atoms with E-state index in [1.165, 1.54) is 24.3 Å². The lowest BCUT2D eigenvalue weighted by Gasteiger charge is -2.37. The quantitative estimate of drug-likeness (QED) is 0.629. The van der Waals surface area contributed by atoms with Gasteiger partial charge >= 0.3 is 0 Å². The highest BCUT2D eigenvalue weighted by molar-refractivity contribution is 5.94. The fourth-order valence-corrected chi connectivity index (χ4v) is 3.92. The summed E-state index contributed by atoms with van der Waals surface area (Å²) in [5, 5.41) is 10.2. The fraction of sp³-hybridized carbons (Fsp3) is 0.696. The summed E-state index contributed by atoms with van der Waals surface area (Å²) in [5.74, 6) is -0.269. The van der Waals surface area contributed by atoms with Crippen molar-refractivity contribution in [2.45, 2.75) is 26.1 Å². The molecule has 174 valence electrons. The molecule has 3 rings (SSSR count). The zero-order valence-electron chi connectivity index (χ0n) is 18.7. The van der Waals surface area contributed by atoms with Gasteiger partial charge in [-0.3, -0.25) is 14.6 Å². The average molecular weight is 438 g/mol. The number of β-amino-alcohol motifs (C(OH)–C–C–N with tert-alkyl or cyclic N) is 1. The first kappa shape index (κ1) is 24.1. The molecule has 1 N–H and O–H groups in total. The average Bonchev–Trinajstić information content (AvgIpc) is 2.77. The Morgan fingerprint density at radius 1 is 1.16 bits per heavy atom. The summed E-state index contributed by atoms with van der Waals surface area (Å²) in [6.45, 7) is 11.6. The van der Waals surface area contributed by atoms with E-state index in [0.717, 1.165) is 26.2 Å². The number of carbonyl (C=O) groups is 1. The van der Waals surface area contributed by atoms with Gasteiger partial charge in [-0.1, -0.05) is 13.8 Å². The molecule has 0 radical (unpaired) electrons. The molecule has 1 aromatic carbocycles. The molecule has 8 heteroatoms. The molecule has 1 aromatic rings. The normalized spacial score (nSPS) is 21.9. The molecule has 0 unspecified atom stereocenters. The summed E-state index contributed by atoms with van der Waals surface area (Å²) < 4.78 is 24.7. The lowest BCUT2D eigenvalue weighted by atomic mass is 10.1. The van der Waals surface area contributed by atoms with Crippen LogP contribution in [0.15, 0.2) is 24.3 Å². The smallest absolute Gasteiger partial charge is 0.253 e. The first-order valence-corrected chi connectivity index (χ1v) is 11.3. The summed E-state index contributed by atoms with van der Waals surface area (Å²) in [6, 6.07) is 5.71. The van der Waals surface area contributed by atoms with Crippen LogP contribution in [-0.4, -0.2) is 110 Å². The Bertz CT molecular complexity index is 682. The highest BCUT2D eigenvalue weighted by Crippen LogP contribution is 2.14. The van der Waals surface area contributed by atoms with E-state index in [4.69, 9.17) is 9.47 Å². The van der Waals surface area contributed by atoms with Gasteiger partial charge in [-0.2, -0.15) is 0 Å². The predicted molar refractivity (Wildman–Crippen MR) is 117 cm³/mol. The molecule has 7 nitrogen and oxygen atoms in total. The van der Waals surface area contributed by atoms with Gasteiger partial charge in [0.15, 0.2) is 0 Å². The molecule has 2 aliphatic heterocycles. The SMILES string of the molecule is CC(C)[C@@H](O)CN1CCO[C@H](CN(CCN2CCOCC2)C(=O)c2ccc(F)cc2)C1. The molecular weight excluding hydrogens is 401 g/mol. The van der Waals surface area contributed by atoms with E-state index in [1.54, 1.807) is 0 Å². The van der Waals surface area contributed by atoms with Gasteiger partial charge in [-0.15, -0.1) is 0 Å². The van der Waals surface area contributed by atoms with Crippen LogP contribution in [0.5, 0.6) is 0 Å². The van der Waals surface area contributed by atoms with E-state index in [1.807, 2.05) is 18.7 Å². The van der Waals surface area contributed by atoms with Gasteiger partial charge in [0.1, 0.15) is 5.82 Å². The Labute approximate surface area is 184 Å².